The molecule has 1 amide bonds. The number of benzene rings is 2. The standard InChI is InChI=1S/C21H17NO4S/c1-13-5-4-6-15(9-13)22-19(23)12-26-21(24)18-10-14-11-25-17-8-3-2-7-16(17)20(14)27-18/h2-10H,11-12H2,1H3,(H,22,23). The van der Waals surface area contributed by atoms with Gasteiger partial charge >= 0.3 is 5.97 Å². The SMILES string of the molecule is Cc1cccc(NC(=O)COC(=O)c2cc3c(s2)-c2ccccc2OC3)c1. The predicted octanol–water partition coefficient (Wildman–Crippen LogP) is 4.41. The van der Waals surface area contributed by atoms with Crippen molar-refractivity contribution < 1.29 is 19.1 Å². The number of thiophene rings is 1. The van der Waals surface area contributed by atoms with Crippen LogP contribution in [-0.4, -0.2) is 18.5 Å². The zero-order valence-electron chi connectivity index (χ0n) is 14.7. The molecule has 0 aliphatic carbocycles. The Morgan fingerprint density at radius 2 is 2.00 bits per heavy atom. The van der Waals surface area contributed by atoms with E-state index in [1.165, 1.54) is 11.3 Å². The molecule has 27 heavy (non-hydrogen) atoms. The summed E-state index contributed by atoms with van der Waals surface area (Å²) in [5.41, 5.74) is 3.64. The van der Waals surface area contributed by atoms with Gasteiger partial charge in [-0.3, -0.25) is 4.79 Å². The highest BCUT2D eigenvalue weighted by molar-refractivity contribution is 7.17. The van der Waals surface area contributed by atoms with Gasteiger partial charge in [0.25, 0.3) is 5.91 Å². The van der Waals surface area contributed by atoms with Crippen molar-refractivity contribution in [1.82, 2.24) is 0 Å². The van der Waals surface area contributed by atoms with Crippen molar-refractivity contribution >= 4 is 28.9 Å². The van der Waals surface area contributed by atoms with Crippen molar-refractivity contribution in [2.75, 3.05) is 11.9 Å². The molecule has 0 unspecified atom stereocenters. The Bertz CT molecular complexity index is 1020. The molecular weight excluding hydrogens is 362 g/mol. The van der Waals surface area contributed by atoms with E-state index in [9.17, 15) is 9.59 Å². The van der Waals surface area contributed by atoms with E-state index < -0.39 is 5.97 Å². The number of nitrogens with one attached hydrogen (secondary N) is 1. The highest BCUT2D eigenvalue weighted by atomic mass is 32.1. The first-order valence-electron chi connectivity index (χ1n) is 8.49. The molecule has 5 nitrogen and oxygen atoms in total. The summed E-state index contributed by atoms with van der Waals surface area (Å²) in [6.07, 6.45) is 0. The average molecular weight is 379 g/mol. The molecule has 0 saturated heterocycles. The summed E-state index contributed by atoms with van der Waals surface area (Å²) in [5, 5.41) is 2.72. The molecule has 1 N–H and O–H groups in total. The number of anilines is 1. The highest BCUT2D eigenvalue weighted by Crippen LogP contribution is 2.42. The van der Waals surface area contributed by atoms with Crippen LogP contribution in [0, 0.1) is 6.92 Å². The van der Waals surface area contributed by atoms with E-state index >= 15 is 0 Å². The maximum absolute atomic E-state index is 12.4. The zero-order valence-corrected chi connectivity index (χ0v) is 15.5. The van der Waals surface area contributed by atoms with Gasteiger partial charge in [0.15, 0.2) is 6.61 Å². The van der Waals surface area contributed by atoms with Crippen LogP contribution < -0.4 is 10.1 Å². The number of esters is 1. The van der Waals surface area contributed by atoms with Crippen molar-refractivity contribution in [3.8, 4) is 16.2 Å². The summed E-state index contributed by atoms with van der Waals surface area (Å²) in [5.74, 6) is -0.0699. The minimum absolute atomic E-state index is 0.331. The van der Waals surface area contributed by atoms with Crippen molar-refractivity contribution in [2.24, 2.45) is 0 Å². The van der Waals surface area contributed by atoms with E-state index in [1.54, 1.807) is 12.1 Å². The van der Waals surface area contributed by atoms with Crippen LogP contribution in [0.25, 0.3) is 10.4 Å². The van der Waals surface area contributed by atoms with E-state index in [0.717, 1.165) is 27.3 Å². The lowest BCUT2D eigenvalue weighted by atomic mass is 10.1. The second kappa shape index (κ2) is 7.25. The number of hydrogen-bond donors (Lipinski definition) is 1. The van der Waals surface area contributed by atoms with E-state index in [2.05, 4.69) is 5.32 Å². The van der Waals surface area contributed by atoms with Crippen LogP contribution in [0.2, 0.25) is 0 Å². The van der Waals surface area contributed by atoms with Gasteiger partial charge in [0, 0.05) is 21.7 Å². The Kier molecular flexibility index (Phi) is 4.64. The predicted molar refractivity (Wildman–Crippen MR) is 104 cm³/mol. The van der Waals surface area contributed by atoms with Gasteiger partial charge in [-0.1, -0.05) is 24.3 Å². The van der Waals surface area contributed by atoms with Gasteiger partial charge in [0.1, 0.15) is 17.2 Å². The Morgan fingerprint density at radius 1 is 1.15 bits per heavy atom. The third-order valence-electron chi connectivity index (χ3n) is 4.16. The van der Waals surface area contributed by atoms with Gasteiger partial charge in [-0.2, -0.15) is 0 Å². The van der Waals surface area contributed by atoms with Crippen LogP contribution in [0.4, 0.5) is 5.69 Å². The molecule has 6 heteroatoms. The Hall–Kier alpha value is -3.12. The van der Waals surface area contributed by atoms with Crippen LogP contribution in [0.1, 0.15) is 20.8 Å². The van der Waals surface area contributed by atoms with Gasteiger partial charge < -0.3 is 14.8 Å². The quantitative estimate of drug-likeness (QED) is 0.682. The number of amides is 1. The Balaban J connectivity index is 1.41. The molecule has 3 aromatic rings. The fourth-order valence-corrected chi connectivity index (χ4v) is 4.01. The van der Waals surface area contributed by atoms with Crippen LogP contribution in [-0.2, 0) is 16.1 Å². The minimum Gasteiger partial charge on any atom is -0.488 e. The molecule has 0 saturated carbocycles. The van der Waals surface area contributed by atoms with E-state index in [-0.39, 0.29) is 12.5 Å². The second-order valence-corrected chi connectivity index (χ2v) is 7.30. The fourth-order valence-electron chi connectivity index (χ4n) is 2.92. The molecule has 0 fully saturated rings. The molecule has 4 rings (SSSR count). The van der Waals surface area contributed by atoms with Crippen LogP contribution in [0.3, 0.4) is 0 Å². The molecule has 2 aromatic carbocycles. The Morgan fingerprint density at radius 3 is 2.85 bits per heavy atom. The maximum atomic E-state index is 12.4. The maximum Gasteiger partial charge on any atom is 0.348 e. The van der Waals surface area contributed by atoms with Gasteiger partial charge in [0.2, 0.25) is 0 Å². The minimum atomic E-state index is -0.508. The number of para-hydroxylation sites is 1. The molecule has 0 spiro atoms. The van der Waals surface area contributed by atoms with Crippen LogP contribution in [0.5, 0.6) is 5.75 Å². The topological polar surface area (TPSA) is 64.6 Å². The summed E-state index contributed by atoms with van der Waals surface area (Å²) in [7, 11) is 0. The lowest BCUT2D eigenvalue weighted by Crippen LogP contribution is -2.20. The molecule has 1 aliphatic heterocycles. The summed E-state index contributed by atoms with van der Waals surface area (Å²) >= 11 is 1.36. The number of carbonyl (C=O) groups is 2. The molecule has 0 atom stereocenters. The number of hydrogen-bond acceptors (Lipinski definition) is 5. The molecule has 0 bridgehead atoms. The van der Waals surface area contributed by atoms with Gasteiger partial charge in [0.05, 0.1) is 0 Å². The molecule has 136 valence electrons. The molecule has 1 aliphatic rings. The summed E-state index contributed by atoms with van der Waals surface area (Å²) < 4.78 is 10.9. The van der Waals surface area contributed by atoms with E-state index in [4.69, 9.17) is 9.47 Å². The zero-order chi connectivity index (χ0) is 18.8. The first kappa shape index (κ1) is 17.3. The van der Waals surface area contributed by atoms with Crippen LogP contribution >= 0.6 is 11.3 Å². The van der Waals surface area contributed by atoms with Crippen molar-refractivity contribution in [3.63, 3.8) is 0 Å². The fraction of sp³-hybridized carbons (Fsp3) is 0.143. The van der Waals surface area contributed by atoms with Crippen molar-refractivity contribution in [3.05, 3.63) is 70.6 Å². The first-order chi connectivity index (χ1) is 13.1. The van der Waals surface area contributed by atoms with E-state index in [1.807, 2.05) is 49.4 Å². The third kappa shape index (κ3) is 3.71. The number of carbonyl (C=O) groups excluding carboxylic acids is 2. The lowest BCUT2D eigenvalue weighted by Gasteiger charge is -2.16. The number of ether oxygens (including phenoxy) is 2. The van der Waals surface area contributed by atoms with E-state index in [0.29, 0.717) is 17.2 Å². The molecular formula is C21H17NO4S. The number of aryl methyl sites for hydroxylation is 1. The summed E-state index contributed by atoms with van der Waals surface area (Å²) in [6.45, 7) is 2.03. The van der Waals surface area contributed by atoms with Gasteiger partial charge in [-0.15, -0.1) is 11.3 Å². The second-order valence-electron chi connectivity index (χ2n) is 6.24. The normalized spacial score (nSPS) is 11.7. The highest BCUT2D eigenvalue weighted by Gasteiger charge is 2.23. The molecule has 2 heterocycles. The number of fused-ring (bicyclic) bond motifs is 3. The summed E-state index contributed by atoms with van der Waals surface area (Å²) in [4.78, 5) is 25.8. The van der Waals surface area contributed by atoms with Gasteiger partial charge in [-0.25, -0.2) is 4.79 Å². The van der Waals surface area contributed by atoms with Crippen molar-refractivity contribution in [1.29, 1.82) is 0 Å². The van der Waals surface area contributed by atoms with Crippen LogP contribution in [0.15, 0.2) is 54.6 Å². The van der Waals surface area contributed by atoms with Crippen molar-refractivity contribution in [2.45, 2.75) is 13.5 Å². The first-order valence-corrected chi connectivity index (χ1v) is 9.30. The lowest BCUT2D eigenvalue weighted by molar-refractivity contribution is -0.119. The van der Waals surface area contributed by atoms with Gasteiger partial charge in [-0.05, 0) is 42.8 Å². The third-order valence-corrected chi connectivity index (χ3v) is 5.35. The largest absolute Gasteiger partial charge is 0.488 e. The number of rotatable bonds is 4. The monoisotopic (exact) mass is 379 g/mol. The molecule has 0 radical (unpaired) electrons. The molecule has 1 aromatic heterocycles. The smallest absolute Gasteiger partial charge is 0.348 e. The average Bonchev–Trinajstić information content (AvgIpc) is 3.11. The Labute approximate surface area is 160 Å². The summed E-state index contributed by atoms with van der Waals surface area (Å²) in [6, 6.07) is 16.9.